The fourth-order valence-electron chi connectivity index (χ4n) is 1.49. The largest absolute Gasteiger partial charge is 0.494 e. The lowest BCUT2D eigenvalue weighted by atomic mass is 10.1. The van der Waals surface area contributed by atoms with Crippen molar-refractivity contribution in [2.24, 2.45) is 0 Å². The quantitative estimate of drug-likeness (QED) is 0.734. The van der Waals surface area contributed by atoms with E-state index in [1.165, 1.54) is 13.0 Å². The summed E-state index contributed by atoms with van der Waals surface area (Å²) in [6.07, 6.45) is 2.34. The molecule has 0 amide bonds. The monoisotopic (exact) mass is 222 g/mol. The first-order valence-corrected chi connectivity index (χ1v) is 6.10. The number of hydrogen-bond acceptors (Lipinski definition) is 1. The second kappa shape index (κ2) is 6.54. The Morgan fingerprint density at radius 2 is 1.75 bits per heavy atom. The van der Waals surface area contributed by atoms with Crippen LogP contribution < -0.4 is 10.1 Å². The van der Waals surface area contributed by atoms with Crippen LogP contribution in [0.15, 0.2) is 30.3 Å². The molecule has 0 aliphatic rings. The van der Waals surface area contributed by atoms with E-state index in [2.05, 4.69) is 26.1 Å². The summed E-state index contributed by atoms with van der Waals surface area (Å²) < 4.78 is 5.62. The van der Waals surface area contributed by atoms with Gasteiger partial charge in [0.1, 0.15) is 5.75 Å². The average Bonchev–Trinajstić information content (AvgIpc) is 2.23. The lowest BCUT2D eigenvalue weighted by Crippen LogP contribution is -2.94. The number of rotatable bonds is 6. The molecule has 0 bridgehead atoms. The van der Waals surface area contributed by atoms with Crippen LogP contribution >= 0.6 is 0 Å². The first-order valence-electron chi connectivity index (χ1n) is 6.10. The highest BCUT2D eigenvalue weighted by atomic mass is 16.5. The van der Waals surface area contributed by atoms with Crippen molar-refractivity contribution in [2.75, 3.05) is 13.2 Å². The van der Waals surface area contributed by atoms with E-state index >= 15 is 0 Å². The SMILES string of the molecule is CC(C)(C)[NH2+]CCCCOc1ccccc1. The molecule has 0 saturated carbocycles. The van der Waals surface area contributed by atoms with E-state index in [0.29, 0.717) is 5.54 Å². The van der Waals surface area contributed by atoms with E-state index < -0.39 is 0 Å². The van der Waals surface area contributed by atoms with E-state index in [1.54, 1.807) is 0 Å². The Kier molecular flexibility index (Phi) is 5.33. The minimum absolute atomic E-state index is 0.348. The molecule has 0 aromatic heterocycles. The predicted octanol–water partition coefficient (Wildman–Crippen LogP) is 2.21. The smallest absolute Gasteiger partial charge is 0.119 e. The van der Waals surface area contributed by atoms with Gasteiger partial charge >= 0.3 is 0 Å². The van der Waals surface area contributed by atoms with Gasteiger partial charge < -0.3 is 10.1 Å². The lowest BCUT2D eigenvalue weighted by molar-refractivity contribution is -0.717. The van der Waals surface area contributed by atoms with Gasteiger partial charge in [-0.05, 0) is 45.7 Å². The van der Waals surface area contributed by atoms with Crippen LogP contribution in [0.4, 0.5) is 0 Å². The molecule has 0 unspecified atom stereocenters. The van der Waals surface area contributed by atoms with Gasteiger partial charge in [-0.3, -0.25) is 0 Å². The molecule has 0 atom stereocenters. The van der Waals surface area contributed by atoms with Gasteiger partial charge in [0.15, 0.2) is 0 Å². The van der Waals surface area contributed by atoms with Gasteiger partial charge in [-0.1, -0.05) is 18.2 Å². The van der Waals surface area contributed by atoms with Crippen LogP contribution in [-0.2, 0) is 0 Å². The molecule has 16 heavy (non-hydrogen) atoms. The van der Waals surface area contributed by atoms with Crippen molar-refractivity contribution in [1.82, 2.24) is 0 Å². The Balaban J connectivity index is 2.01. The number of para-hydroxylation sites is 1. The molecule has 1 rings (SSSR count). The van der Waals surface area contributed by atoms with Gasteiger partial charge in [0.05, 0.1) is 18.7 Å². The van der Waals surface area contributed by atoms with E-state index in [9.17, 15) is 0 Å². The Morgan fingerprint density at radius 1 is 1.06 bits per heavy atom. The fourth-order valence-corrected chi connectivity index (χ4v) is 1.49. The van der Waals surface area contributed by atoms with Crippen molar-refractivity contribution >= 4 is 0 Å². The number of benzene rings is 1. The maximum atomic E-state index is 5.62. The molecule has 0 spiro atoms. The fraction of sp³-hybridized carbons (Fsp3) is 0.571. The summed E-state index contributed by atoms with van der Waals surface area (Å²) in [6.45, 7) is 8.73. The van der Waals surface area contributed by atoms with Crippen LogP contribution in [0.5, 0.6) is 5.75 Å². The van der Waals surface area contributed by atoms with Crippen LogP contribution in [-0.4, -0.2) is 18.7 Å². The molecule has 0 heterocycles. The number of nitrogens with two attached hydrogens (primary N) is 1. The van der Waals surface area contributed by atoms with Gasteiger partial charge in [-0.15, -0.1) is 0 Å². The minimum atomic E-state index is 0.348. The van der Waals surface area contributed by atoms with Crippen LogP contribution in [0.25, 0.3) is 0 Å². The molecule has 2 N–H and O–H groups in total. The molecule has 0 aliphatic carbocycles. The highest BCUT2D eigenvalue weighted by molar-refractivity contribution is 5.20. The van der Waals surface area contributed by atoms with E-state index in [-0.39, 0.29) is 0 Å². The summed E-state index contributed by atoms with van der Waals surface area (Å²) in [7, 11) is 0. The summed E-state index contributed by atoms with van der Waals surface area (Å²) >= 11 is 0. The maximum absolute atomic E-state index is 5.62. The molecule has 2 nitrogen and oxygen atoms in total. The van der Waals surface area contributed by atoms with Crippen molar-refractivity contribution in [3.63, 3.8) is 0 Å². The first-order chi connectivity index (χ1) is 7.58. The van der Waals surface area contributed by atoms with Gasteiger partial charge in [0.2, 0.25) is 0 Å². The van der Waals surface area contributed by atoms with E-state index in [4.69, 9.17) is 4.74 Å². The number of hydrogen-bond donors (Lipinski definition) is 1. The molecule has 0 saturated heterocycles. The zero-order valence-corrected chi connectivity index (χ0v) is 10.7. The van der Waals surface area contributed by atoms with E-state index in [0.717, 1.165) is 18.8 Å². The van der Waals surface area contributed by atoms with Crippen LogP contribution in [0.1, 0.15) is 33.6 Å². The second-order valence-electron chi connectivity index (χ2n) is 5.23. The summed E-state index contributed by atoms with van der Waals surface area (Å²) in [4.78, 5) is 0. The molecule has 0 radical (unpaired) electrons. The second-order valence-corrected chi connectivity index (χ2v) is 5.23. The van der Waals surface area contributed by atoms with Crippen LogP contribution in [0.3, 0.4) is 0 Å². The molecule has 1 aromatic rings. The summed E-state index contributed by atoms with van der Waals surface area (Å²) in [5.74, 6) is 0.974. The Labute approximate surface area is 99.0 Å². The third-order valence-electron chi connectivity index (χ3n) is 2.37. The predicted molar refractivity (Wildman–Crippen MR) is 67.7 cm³/mol. The summed E-state index contributed by atoms with van der Waals surface area (Å²) in [5.41, 5.74) is 0.348. The van der Waals surface area contributed by atoms with Crippen molar-refractivity contribution in [1.29, 1.82) is 0 Å². The van der Waals surface area contributed by atoms with Gasteiger partial charge in [0, 0.05) is 0 Å². The van der Waals surface area contributed by atoms with Crippen molar-refractivity contribution in [3.8, 4) is 5.75 Å². The third-order valence-corrected chi connectivity index (χ3v) is 2.37. The van der Waals surface area contributed by atoms with E-state index in [1.807, 2.05) is 30.3 Å². The van der Waals surface area contributed by atoms with Crippen molar-refractivity contribution in [3.05, 3.63) is 30.3 Å². The molecule has 0 aliphatic heterocycles. The standard InChI is InChI=1S/C14H23NO/c1-14(2,3)15-11-7-8-12-16-13-9-5-4-6-10-13/h4-6,9-10,15H,7-8,11-12H2,1-3H3/p+1. The van der Waals surface area contributed by atoms with Crippen LogP contribution in [0.2, 0.25) is 0 Å². The highest BCUT2D eigenvalue weighted by Crippen LogP contribution is 2.08. The van der Waals surface area contributed by atoms with Gasteiger partial charge in [-0.2, -0.15) is 0 Å². The minimum Gasteiger partial charge on any atom is -0.494 e. The Hall–Kier alpha value is -1.02. The number of quaternary nitrogens is 1. The molecule has 2 heteroatoms. The maximum Gasteiger partial charge on any atom is 0.119 e. The molecule has 1 aromatic carbocycles. The zero-order chi connectivity index (χ0) is 11.9. The molecular formula is C14H24NO+. The topological polar surface area (TPSA) is 25.8 Å². The number of ether oxygens (including phenoxy) is 1. The van der Waals surface area contributed by atoms with Crippen molar-refractivity contribution in [2.45, 2.75) is 39.2 Å². The Bertz CT molecular complexity index is 277. The van der Waals surface area contributed by atoms with Gasteiger partial charge in [0.25, 0.3) is 0 Å². The number of unbranched alkanes of at least 4 members (excludes halogenated alkanes) is 1. The molecule has 90 valence electrons. The lowest BCUT2D eigenvalue weighted by Gasteiger charge is -2.16. The Morgan fingerprint density at radius 3 is 2.38 bits per heavy atom. The highest BCUT2D eigenvalue weighted by Gasteiger charge is 2.11. The third kappa shape index (κ3) is 6.46. The average molecular weight is 222 g/mol. The first kappa shape index (κ1) is 13.0. The summed E-state index contributed by atoms with van der Waals surface area (Å²) in [5, 5.41) is 2.38. The summed E-state index contributed by atoms with van der Waals surface area (Å²) in [6, 6.07) is 10.0. The molecule has 0 fully saturated rings. The van der Waals surface area contributed by atoms with Gasteiger partial charge in [-0.25, -0.2) is 0 Å². The normalized spacial score (nSPS) is 11.4. The van der Waals surface area contributed by atoms with Crippen LogP contribution in [0, 0.1) is 0 Å². The molecular weight excluding hydrogens is 198 g/mol. The zero-order valence-electron chi connectivity index (χ0n) is 10.7. The van der Waals surface area contributed by atoms with Crippen molar-refractivity contribution < 1.29 is 10.1 Å².